The van der Waals surface area contributed by atoms with Crippen LogP contribution in [0.3, 0.4) is 0 Å². The summed E-state index contributed by atoms with van der Waals surface area (Å²) in [7, 11) is 1.22. The number of nitro benzene ring substituents is 1. The van der Waals surface area contributed by atoms with E-state index < -0.39 is 28.0 Å². The Morgan fingerprint density at radius 1 is 1.39 bits per heavy atom. The molecule has 0 aliphatic rings. The smallest absolute Gasteiger partial charge is 0.315 e. The number of phenolic OH excluding ortho intramolecular Hbond substituents is 1. The summed E-state index contributed by atoms with van der Waals surface area (Å²) in [6.07, 6.45) is 2.51. The van der Waals surface area contributed by atoms with Gasteiger partial charge in [-0.05, 0) is 35.9 Å². The average Bonchev–Trinajstić information content (AvgIpc) is 3.09. The van der Waals surface area contributed by atoms with Gasteiger partial charge in [-0.1, -0.05) is 0 Å². The number of aromatic hydroxyl groups is 1. The van der Waals surface area contributed by atoms with Crippen molar-refractivity contribution in [1.82, 2.24) is 4.98 Å². The lowest BCUT2D eigenvalue weighted by molar-refractivity contribution is -0.386. The predicted molar refractivity (Wildman–Crippen MR) is 97.5 cm³/mol. The monoisotopic (exact) mass is 381 g/mol. The Morgan fingerprint density at radius 3 is 2.79 bits per heavy atom. The van der Waals surface area contributed by atoms with Crippen LogP contribution in [0.5, 0.6) is 11.5 Å². The van der Waals surface area contributed by atoms with Crippen molar-refractivity contribution >= 4 is 28.4 Å². The highest BCUT2D eigenvalue weighted by molar-refractivity contribution is 6.19. The van der Waals surface area contributed by atoms with Crippen molar-refractivity contribution in [3.8, 4) is 17.6 Å². The number of carbonyl (C=O) groups excluding carboxylic acids is 1. The molecule has 0 spiro atoms. The van der Waals surface area contributed by atoms with Gasteiger partial charge in [-0.15, -0.1) is 0 Å². The quantitative estimate of drug-likeness (QED) is 0.228. The van der Waals surface area contributed by atoms with Gasteiger partial charge in [0.25, 0.3) is 0 Å². The zero-order valence-corrected chi connectivity index (χ0v) is 14.4. The average molecular weight is 381 g/mol. The van der Waals surface area contributed by atoms with Crippen LogP contribution in [-0.2, 0) is 0 Å². The molecule has 0 fully saturated rings. The van der Waals surface area contributed by atoms with Gasteiger partial charge in [-0.3, -0.25) is 14.9 Å². The first kappa shape index (κ1) is 18.6. The molecule has 28 heavy (non-hydrogen) atoms. The number of benzene rings is 2. The Balaban J connectivity index is 2.09. The molecular weight excluding hydrogens is 369 g/mol. The molecule has 0 aliphatic heterocycles. The van der Waals surface area contributed by atoms with Gasteiger partial charge in [0.1, 0.15) is 17.5 Å². The number of methoxy groups -OCH3 is 1. The molecule has 3 aromatic rings. The highest BCUT2D eigenvalue weighted by atomic mass is 19.1. The molecule has 0 saturated carbocycles. The number of Topliss-reactive ketones (excluding diaryl/α,β-unsaturated/α-hetero) is 1. The number of aromatic nitrogens is 1. The van der Waals surface area contributed by atoms with Crippen LogP contribution in [0.25, 0.3) is 17.0 Å². The summed E-state index contributed by atoms with van der Waals surface area (Å²) in [4.78, 5) is 25.8. The Morgan fingerprint density at radius 2 is 2.14 bits per heavy atom. The number of H-pyrrole nitrogens is 1. The summed E-state index contributed by atoms with van der Waals surface area (Å²) in [6, 6.07) is 7.87. The van der Waals surface area contributed by atoms with Crippen molar-refractivity contribution in [1.29, 1.82) is 5.26 Å². The van der Waals surface area contributed by atoms with Crippen LogP contribution < -0.4 is 4.74 Å². The summed E-state index contributed by atoms with van der Waals surface area (Å²) in [5.74, 6) is -1.95. The SMILES string of the molecule is COc1cc(C=C(C#N)C(=O)c2c[nH]c3cc(F)ccc23)cc([N+](=O)[O-])c1O. The minimum atomic E-state index is -0.808. The van der Waals surface area contributed by atoms with Gasteiger partial charge in [0.2, 0.25) is 11.5 Å². The van der Waals surface area contributed by atoms with E-state index in [1.165, 1.54) is 37.6 Å². The van der Waals surface area contributed by atoms with Crippen LogP contribution in [0, 0.1) is 27.3 Å². The number of nitrogens with one attached hydrogen (secondary N) is 1. The number of rotatable bonds is 5. The molecule has 0 radical (unpaired) electrons. The van der Waals surface area contributed by atoms with Crippen molar-refractivity contribution in [3.63, 3.8) is 0 Å². The van der Waals surface area contributed by atoms with Crippen LogP contribution in [-0.4, -0.2) is 27.9 Å². The maximum absolute atomic E-state index is 13.3. The largest absolute Gasteiger partial charge is 0.500 e. The number of ketones is 1. The van der Waals surface area contributed by atoms with E-state index in [-0.39, 0.29) is 22.4 Å². The molecule has 0 atom stereocenters. The molecule has 0 bridgehead atoms. The van der Waals surface area contributed by atoms with Crippen LogP contribution >= 0.6 is 0 Å². The van der Waals surface area contributed by atoms with Crippen molar-refractivity contribution < 1.29 is 24.0 Å². The van der Waals surface area contributed by atoms with Gasteiger partial charge in [0, 0.05) is 28.7 Å². The summed E-state index contributed by atoms with van der Waals surface area (Å²) >= 11 is 0. The molecule has 9 heteroatoms. The number of phenols is 1. The van der Waals surface area contributed by atoms with E-state index in [0.717, 1.165) is 12.1 Å². The lowest BCUT2D eigenvalue weighted by atomic mass is 10.0. The maximum Gasteiger partial charge on any atom is 0.315 e. The van der Waals surface area contributed by atoms with Gasteiger partial charge in [-0.25, -0.2) is 4.39 Å². The molecule has 3 rings (SSSR count). The van der Waals surface area contributed by atoms with E-state index >= 15 is 0 Å². The third-order valence-corrected chi connectivity index (χ3v) is 4.06. The van der Waals surface area contributed by atoms with E-state index in [9.17, 15) is 29.7 Å². The number of halogens is 1. The summed E-state index contributed by atoms with van der Waals surface area (Å²) < 4.78 is 18.2. The molecule has 0 unspecified atom stereocenters. The Bertz CT molecular complexity index is 1190. The summed E-state index contributed by atoms with van der Waals surface area (Å²) in [6.45, 7) is 0. The third kappa shape index (κ3) is 3.26. The molecule has 1 heterocycles. The third-order valence-electron chi connectivity index (χ3n) is 4.06. The topological polar surface area (TPSA) is 129 Å². The van der Waals surface area contributed by atoms with E-state index in [1.807, 2.05) is 0 Å². The first-order valence-electron chi connectivity index (χ1n) is 7.84. The molecule has 140 valence electrons. The van der Waals surface area contributed by atoms with Crippen LogP contribution in [0.15, 0.2) is 42.1 Å². The van der Waals surface area contributed by atoms with Gasteiger partial charge >= 0.3 is 5.69 Å². The van der Waals surface area contributed by atoms with Crippen molar-refractivity contribution in [3.05, 3.63) is 69.2 Å². The Labute approximate surface area is 157 Å². The van der Waals surface area contributed by atoms with Crippen LogP contribution in [0.1, 0.15) is 15.9 Å². The van der Waals surface area contributed by atoms with Gasteiger partial charge < -0.3 is 14.8 Å². The zero-order chi connectivity index (χ0) is 20.4. The minimum absolute atomic E-state index is 0.122. The molecular formula is C19H12FN3O5. The number of fused-ring (bicyclic) bond motifs is 1. The number of ether oxygens (including phenoxy) is 1. The molecule has 1 aromatic heterocycles. The number of allylic oxidation sites excluding steroid dienone is 1. The Hall–Kier alpha value is -4.19. The molecule has 2 N–H and O–H groups in total. The highest BCUT2D eigenvalue weighted by Crippen LogP contribution is 2.37. The minimum Gasteiger partial charge on any atom is -0.500 e. The lowest BCUT2D eigenvalue weighted by Gasteiger charge is -2.06. The molecule has 2 aromatic carbocycles. The summed E-state index contributed by atoms with van der Waals surface area (Å²) in [5, 5.41) is 30.8. The Kier molecular flexibility index (Phi) is 4.78. The maximum atomic E-state index is 13.3. The fourth-order valence-corrected chi connectivity index (χ4v) is 2.74. The van der Waals surface area contributed by atoms with Gasteiger partial charge in [-0.2, -0.15) is 5.26 Å². The fourth-order valence-electron chi connectivity index (χ4n) is 2.74. The first-order chi connectivity index (χ1) is 13.3. The number of aromatic amines is 1. The second kappa shape index (κ2) is 7.20. The van der Waals surface area contributed by atoms with Crippen LogP contribution in [0.2, 0.25) is 0 Å². The van der Waals surface area contributed by atoms with E-state index in [0.29, 0.717) is 10.9 Å². The van der Waals surface area contributed by atoms with Gasteiger partial charge in [0.05, 0.1) is 12.0 Å². The lowest BCUT2D eigenvalue weighted by Crippen LogP contribution is -2.01. The number of nitrogens with zero attached hydrogens (tertiary/aromatic N) is 2. The standard InChI is InChI=1S/C19H12FN3O5/c1-28-17-6-10(5-16(19(17)25)23(26)27)4-11(8-21)18(24)14-9-22-15-7-12(20)2-3-13(14)15/h2-7,9,22,25H,1H3. The van der Waals surface area contributed by atoms with Crippen molar-refractivity contribution in [2.75, 3.05) is 7.11 Å². The zero-order valence-electron chi connectivity index (χ0n) is 14.4. The first-order valence-corrected chi connectivity index (χ1v) is 7.84. The van der Waals surface area contributed by atoms with E-state index in [4.69, 9.17) is 4.74 Å². The number of nitriles is 1. The number of hydrogen-bond donors (Lipinski definition) is 2. The van der Waals surface area contributed by atoms with Crippen molar-refractivity contribution in [2.45, 2.75) is 0 Å². The van der Waals surface area contributed by atoms with Crippen LogP contribution in [0.4, 0.5) is 10.1 Å². The van der Waals surface area contributed by atoms with E-state index in [2.05, 4.69) is 4.98 Å². The second-order valence-electron chi connectivity index (χ2n) is 5.74. The number of carbonyl (C=O) groups is 1. The fraction of sp³-hybridized carbons (Fsp3) is 0.0526. The molecule has 0 saturated heterocycles. The molecule has 0 aliphatic carbocycles. The normalized spacial score (nSPS) is 11.2. The molecule has 8 nitrogen and oxygen atoms in total. The predicted octanol–water partition coefficient (Wildman–Crippen LogP) is 3.72. The number of hydrogen-bond acceptors (Lipinski definition) is 6. The van der Waals surface area contributed by atoms with Gasteiger partial charge in [0.15, 0.2) is 5.75 Å². The van der Waals surface area contributed by atoms with E-state index in [1.54, 1.807) is 6.07 Å². The summed E-state index contributed by atoms with van der Waals surface area (Å²) in [5.41, 5.74) is -0.257. The van der Waals surface area contributed by atoms with Crippen molar-refractivity contribution in [2.24, 2.45) is 0 Å². The number of nitro groups is 1. The highest BCUT2D eigenvalue weighted by Gasteiger charge is 2.21. The molecule has 0 amide bonds. The second-order valence-corrected chi connectivity index (χ2v) is 5.74.